The van der Waals surface area contributed by atoms with Gasteiger partial charge in [0.25, 0.3) is 11.8 Å². The van der Waals surface area contributed by atoms with Gasteiger partial charge < -0.3 is 20.1 Å². The Hall–Kier alpha value is -3.84. The summed E-state index contributed by atoms with van der Waals surface area (Å²) < 4.78 is 12.2. The standard InChI is InChI=1S/C28H26IN3O4/c1-4-35-25-15-20(13-21(16-30)28(34)32-23-10-6-8-19(3)12-23)14-24(29)27(25)36-17-26(33)31-22-9-5-7-18(2)11-22/h5-15H,4,17H2,1-3H3,(H,31,33)(H,32,34)/b21-13+. The second kappa shape index (κ2) is 12.7. The van der Waals surface area contributed by atoms with Crippen LogP contribution in [0.5, 0.6) is 11.5 Å². The highest BCUT2D eigenvalue weighted by Gasteiger charge is 2.16. The van der Waals surface area contributed by atoms with E-state index in [0.29, 0.717) is 38.6 Å². The molecule has 8 heteroatoms. The second-order valence-electron chi connectivity index (χ2n) is 7.96. The number of nitrogens with one attached hydrogen (secondary N) is 2. The van der Waals surface area contributed by atoms with Crippen molar-refractivity contribution in [3.63, 3.8) is 0 Å². The van der Waals surface area contributed by atoms with E-state index in [1.807, 2.05) is 69.3 Å². The van der Waals surface area contributed by atoms with Gasteiger partial charge in [0.1, 0.15) is 11.6 Å². The van der Waals surface area contributed by atoms with Crippen molar-refractivity contribution in [2.45, 2.75) is 20.8 Å². The molecule has 0 aliphatic carbocycles. The lowest BCUT2D eigenvalue weighted by atomic mass is 10.1. The zero-order chi connectivity index (χ0) is 26.1. The molecule has 0 saturated carbocycles. The highest BCUT2D eigenvalue weighted by molar-refractivity contribution is 14.1. The molecule has 3 aromatic rings. The van der Waals surface area contributed by atoms with Crippen molar-refractivity contribution >= 4 is 51.9 Å². The molecule has 184 valence electrons. The lowest BCUT2D eigenvalue weighted by molar-refractivity contribution is -0.118. The van der Waals surface area contributed by atoms with E-state index in [0.717, 1.165) is 11.1 Å². The van der Waals surface area contributed by atoms with Gasteiger partial charge in [-0.3, -0.25) is 9.59 Å². The van der Waals surface area contributed by atoms with Crippen LogP contribution in [0.4, 0.5) is 11.4 Å². The van der Waals surface area contributed by atoms with Gasteiger partial charge in [-0.15, -0.1) is 0 Å². The van der Waals surface area contributed by atoms with Crippen LogP contribution < -0.4 is 20.1 Å². The van der Waals surface area contributed by atoms with Crippen LogP contribution in [0.15, 0.2) is 66.2 Å². The fourth-order valence-corrected chi connectivity index (χ4v) is 4.15. The van der Waals surface area contributed by atoms with E-state index in [9.17, 15) is 14.9 Å². The summed E-state index contributed by atoms with van der Waals surface area (Å²) in [5.41, 5.74) is 3.87. The molecule has 3 aromatic carbocycles. The minimum absolute atomic E-state index is 0.0547. The molecular weight excluding hydrogens is 569 g/mol. The first-order chi connectivity index (χ1) is 17.3. The summed E-state index contributed by atoms with van der Waals surface area (Å²) in [5.74, 6) is 0.0127. The van der Waals surface area contributed by atoms with E-state index in [1.165, 1.54) is 6.08 Å². The van der Waals surface area contributed by atoms with E-state index >= 15 is 0 Å². The Kier molecular flexibility index (Phi) is 9.47. The van der Waals surface area contributed by atoms with Crippen molar-refractivity contribution < 1.29 is 19.1 Å². The van der Waals surface area contributed by atoms with E-state index in [4.69, 9.17) is 9.47 Å². The Bertz CT molecular complexity index is 1340. The molecule has 2 N–H and O–H groups in total. The summed E-state index contributed by atoms with van der Waals surface area (Å²) in [6, 6.07) is 20.2. The molecular formula is C28H26IN3O4. The molecule has 0 saturated heterocycles. The van der Waals surface area contributed by atoms with E-state index < -0.39 is 5.91 Å². The Labute approximate surface area is 224 Å². The van der Waals surface area contributed by atoms with Crippen molar-refractivity contribution in [2.75, 3.05) is 23.8 Å². The number of carbonyl (C=O) groups excluding carboxylic acids is 2. The van der Waals surface area contributed by atoms with Crippen LogP contribution in [0.25, 0.3) is 6.08 Å². The average Bonchev–Trinajstić information content (AvgIpc) is 2.82. The quantitative estimate of drug-likeness (QED) is 0.183. The Morgan fingerprint density at radius 3 is 2.19 bits per heavy atom. The predicted molar refractivity (Wildman–Crippen MR) is 149 cm³/mol. The lowest BCUT2D eigenvalue weighted by Crippen LogP contribution is -2.20. The van der Waals surface area contributed by atoms with Crippen LogP contribution in [0.2, 0.25) is 0 Å². The monoisotopic (exact) mass is 595 g/mol. The summed E-state index contributed by atoms with van der Waals surface area (Å²) in [6.45, 7) is 5.86. The number of rotatable bonds is 9. The van der Waals surface area contributed by atoms with Crippen molar-refractivity contribution in [2.24, 2.45) is 0 Å². The zero-order valence-electron chi connectivity index (χ0n) is 20.2. The maximum Gasteiger partial charge on any atom is 0.266 e. The third-order valence-corrected chi connectivity index (χ3v) is 5.73. The number of amides is 2. The number of nitrogens with zero attached hydrogens (tertiary/aromatic N) is 1. The largest absolute Gasteiger partial charge is 0.490 e. The van der Waals surface area contributed by atoms with Gasteiger partial charge in [0.2, 0.25) is 0 Å². The van der Waals surface area contributed by atoms with Gasteiger partial charge >= 0.3 is 0 Å². The molecule has 0 fully saturated rings. The number of carbonyl (C=O) groups is 2. The summed E-state index contributed by atoms with van der Waals surface area (Å²) in [6.07, 6.45) is 1.49. The van der Waals surface area contributed by atoms with Crippen LogP contribution >= 0.6 is 22.6 Å². The molecule has 0 atom stereocenters. The Balaban J connectivity index is 1.77. The molecule has 0 aromatic heterocycles. The molecule has 0 aliphatic rings. The third-order valence-electron chi connectivity index (χ3n) is 4.93. The van der Waals surface area contributed by atoms with Crippen molar-refractivity contribution in [3.8, 4) is 17.6 Å². The van der Waals surface area contributed by atoms with Gasteiger partial charge in [0, 0.05) is 11.4 Å². The van der Waals surface area contributed by atoms with Crippen LogP contribution in [0.1, 0.15) is 23.6 Å². The Morgan fingerprint density at radius 2 is 1.61 bits per heavy atom. The van der Waals surface area contributed by atoms with Crippen LogP contribution in [0.3, 0.4) is 0 Å². The summed E-state index contributed by atoms with van der Waals surface area (Å²) >= 11 is 2.08. The number of ether oxygens (including phenoxy) is 2. The van der Waals surface area contributed by atoms with Crippen LogP contribution in [0, 0.1) is 28.7 Å². The Morgan fingerprint density at radius 1 is 0.972 bits per heavy atom. The average molecular weight is 595 g/mol. The molecule has 2 amide bonds. The maximum atomic E-state index is 12.7. The number of halogens is 1. The van der Waals surface area contributed by atoms with Crippen molar-refractivity contribution in [3.05, 3.63) is 86.5 Å². The number of anilines is 2. The first-order valence-corrected chi connectivity index (χ1v) is 12.3. The first-order valence-electron chi connectivity index (χ1n) is 11.2. The van der Waals surface area contributed by atoms with Gasteiger partial charge in [-0.05, 0) is 103 Å². The molecule has 36 heavy (non-hydrogen) atoms. The second-order valence-corrected chi connectivity index (χ2v) is 9.12. The van der Waals surface area contributed by atoms with Crippen molar-refractivity contribution in [1.29, 1.82) is 5.26 Å². The third kappa shape index (κ3) is 7.58. The zero-order valence-corrected chi connectivity index (χ0v) is 22.4. The fourth-order valence-electron chi connectivity index (χ4n) is 3.37. The molecule has 0 heterocycles. The molecule has 0 bridgehead atoms. The summed E-state index contributed by atoms with van der Waals surface area (Å²) in [7, 11) is 0. The van der Waals surface area contributed by atoms with Gasteiger partial charge in [0.05, 0.1) is 10.2 Å². The molecule has 0 spiro atoms. The number of nitriles is 1. The SMILES string of the molecule is CCOc1cc(/C=C(\C#N)C(=O)Nc2cccc(C)c2)cc(I)c1OCC(=O)Nc1cccc(C)c1. The molecule has 0 radical (unpaired) electrons. The number of hydrogen-bond acceptors (Lipinski definition) is 5. The summed E-state index contributed by atoms with van der Waals surface area (Å²) in [5, 5.41) is 15.1. The summed E-state index contributed by atoms with van der Waals surface area (Å²) in [4.78, 5) is 25.1. The van der Waals surface area contributed by atoms with Gasteiger partial charge in [-0.25, -0.2) is 0 Å². The number of benzene rings is 3. The smallest absolute Gasteiger partial charge is 0.266 e. The first kappa shape index (κ1) is 26.8. The van der Waals surface area contributed by atoms with Crippen molar-refractivity contribution in [1.82, 2.24) is 0 Å². The van der Waals surface area contributed by atoms with Crippen LogP contribution in [-0.2, 0) is 9.59 Å². The predicted octanol–water partition coefficient (Wildman–Crippen LogP) is 5.87. The van der Waals surface area contributed by atoms with Gasteiger partial charge in [0.15, 0.2) is 18.1 Å². The maximum absolute atomic E-state index is 12.7. The molecule has 3 rings (SSSR count). The number of hydrogen-bond donors (Lipinski definition) is 2. The van der Waals surface area contributed by atoms with E-state index in [1.54, 1.807) is 18.2 Å². The minimum atomic E-state index is -0.510. The molecule has 7 nitrogen and oxygen atoms in total. The lowest BCUT2D eigenvalue weighted by Gasteiger charge is -2.15. The van der Waals surface area contributed by atoms with Crippen LogP contribution in [-0.4, -0.2) is 25.0 Å². The van der Waals surface area contributed by atoms with Gasteiger partial charge in [-0.1, -0.05) is 24.3 Å². The fraction of sp³-hybridized carbons (Fsp3) is 0.179. The van der Waals surface area contributed by atoms with E-state index in [-0.39, 0.29) is 18.1 Å². The minimum Gasteiger partial charge on any atom is -0.490 e. The normalized spacial score (nSPS) is 10.8. The van der Waals surface area contributed by atoms with Gasteiger partial charge in [-0.2, -0.15) is 5.26 Å². The molecule has 0 aliphatic heterocycles. The number of aryl methyl sites for hydroxylation is 2. The highest BCUT2D eigenvalue weighted by atomic mass is 127. The topological polar surface area (TPSA) is 100 Å². The van der Waals surface area contributed by atoms with E-state index in [2.05, 4.69) is 33.2 Å². The molecule has 0 unspecified atom stereocenters. The highest BCUT2D eigenvalue weighted by Crippen LogP contribution is 2.35.